The molecule has 232 valence electrons. The molecule has 2 aliphatic rings. The Morgan fingerprint density at radius 2 is 0.896 bits per heavy atom. The number of aromatic nitrogens is 8. The van der Waals surface area contributed by atoms with E-state index >= 15 is 0 Å². The number of nitrogens with one attached hydrogen (secondary N) is 2. The van der Waals surface area contributed by atoms with Crippen molar-refractivity contribution in [3.8, 4) is 45.6 Å². The number of nitrogens with zero attached hydrogens (tertiary/aromatic N) is 6. The number of carboxylic acid groups (broad SMARTS) is 2. The summed E-state index contributed by atoms with van der Waals surface area (Å²) in [5.41, 5.74) is 2.96. The van der Waals surface area contributed by atoms with E-state index < -0.39 is 23.1 Å². The number of benzene rings is 4. The molecule has 0 radical (unpaired) electrons. The Morgan fingerprint density at radius 1 is 0.500 bits per heavy atom. The Balaban J connectivity index is 0.00000165. The molecule has 7 aromatic rings. The molecule has 2 N–H and O–H groups in total. The number of hydrogen-bond acceptors (Lipinski definition) is 10. The average Bonchev–Trinajstić information content (AvgIpc) is 3.84. The number of carboxylic acids is 2. The van der Waals surface area contributed by atoms with Crippen LogP contribution in [-0.4, -0.2) is 51.8 Å². The van der Waals surface area contributed by atoms with Gasteiger partial charge in [0.25, 0.3) is 0 Å². The fraction of sp³-hybridized carbons (Fsp3) is 0. The van der Waals surface area contributed by atoms with E-state index in [0.717, 1.165) is 22.4 Å². The number of aromatic carboxylic acids is 2. The quantitative estimate of drug-likeness (QED) is 0.242. The topological polar surface area (TPSA) is 189 Å². The Morgan fingerprint density at radius 3 is 1.33 bits per heavy atom. The first-order chi connectivity index (χ1) is 23.4. The molecule has 14 heteroatoms. The van der Waals surface area contributed by atoms with Crippen LogP contribution in [0.15, 0.2) is 84.9 Å². The fourth-order valence-corrected chi connectivity index (χ4v) is 6.11. The molecule has 5 heterocycles. The van der Waals surface area contributed by atoms with Crippen molar-refractivity contribution in [2.24, 2.45) is 0 Å². The number of fused-ring (bicyclic) bond motifs is 20. The van der Waals surface area contributed by atoms with Crippen molar-refractivity contribution >= 4 is 65.8 Å². The average molecular weight is 739 g/mol. The third-order valence-corrected chi connectivity index (χ3v) is 8.14. The van der Waals surface area contributed by atoms with Crippen LogP contribution >= 0.6 is 9.69 Å². The number of halogens is 1. The predicted octanol–water partition coefficient (Wildman–Crippen LogP) is 4.28. The molecule has 0 spiro atoms. The summed E-state index contributed by atoms with van der Waals surface area (Å²) in [7, 11) is 4.53. The van der Waals surface area contributed by atoms with Gasteiger partial charge in [-0.1, -0.05) is 78.9 Å². The van der Waals surface area contributed by atoms with Crippen molar-refractivity contribution in [3.05, 3.63) is 96.1 Å². The van der Waals surface area contributed by atoms with Gasteiger partial charge in [0.05, 0.1) is 11.9 Å². The van der Waals surface area contributed by atoms with E-state index in [9.17, 15) is 19.8 Å². The molecular weight excluding hydrogens is 723 g/mol. The summed E-state index contributed by atoms with van der Waals surface area (Å²) >= 11 is 2.02. The summed E-state index contributed by atoms with van der Waals surface area (Å²) in [4.78, 5) is 59.8. The molecule has 2 aliphatic heterocycles. The number of hydrogen-bond donors (Lipinski definition) is 2. The van der Waals surface area contributed by atoms with E-state index in [2.05, 4.69) is 19.7 Å². The van der Waals surface area contributed by atoms with E-state index in [1.165, 1.54) is 6.07 Å². The van der Waals surface area contributed by atoms with Crippen LogP contribution in [0.5, 0.6) is 0 Å². The minimum atomic E-state index is -1.71. The molecule has 3 aromatic heterocycles. The fourth-order valence-electron chi connectivity index (χ4n) is 6.11. The minimum absolute atomic E-state index is 0.0179. The van der Waals surface area contributed by atoms with Gasteiger partial charge < -0.3 is 29.8 Å². The molecule has 12 nitrogen and oxygen atoms in total. The van der Waals surface area contributed by atoms with E-state index in [0.29, 0.717) is 45.5 Å². The van der Waals surface area contributed by atoms with Crippen LogP contribution in [-0.2, 0) is 17.3 Å². The Labute approximate surface area is 283 Å². The second-order valence-electron chi connectivity index (χ2n) is 10.7. The predicted molar refractivity (Wildman–Crippen MR) is 171 cm³/mol. The van der Waals surface area contributed by atoms with Gasteiger partial charge in [-0.2, -0.15) is 0 Å². The van der Waals surface area contributed by atoms with Gasteiger partial charge >= 0.3 is 27.0 Å². The van der Waals surface area contributed by atoms with Crippen molar-refractivity contribution < 1.29 is 37.1 Å². The van der Waals surface area contributed by atoms with Gasteiger partial charge in [-0.25, -0.2) is 29.9 Å². The van der Waals surface area contributed by atoms with E-state index in [4.69, 9.17) is 29.9 Å². The zero-order chi connectivity index (χ0) is 33.1. The Bertz CT molecular complexity index is 2690. The molecule has 0 aliphatic carbocycles. The molecular formula is C34H16ClN8O4Rh. The first kappa shape index (κ1) is 29.5. The number of carbonyl (C=O) groups excluding carboxylic acids is 2. The van der Waals surface area contributed by atoms with Gasteiger partial charge in [0.2, 0.25) is 0 Å². The van der Waals surface area contributed by atoms with Crippen molar-refractivity contribution in [3.63, 3.8) is 0 Å². The van der Waals surface area contributed by atoms with E-state index in [1.807, 2.05) is 90.1 Å². The van der Waals surface area contributed by atoms with Gasteiger partial charge in [-0.15, -0.1) is 0 Å². The second-order valence-corrected chi connectivity index (χ2v) is 10.7. The Hall–Kier alpha value is -5.91. The third kappa shape index (κ3) is 4.55. The van der Waals surface area contributed by atoms with E-state index in [-0.39, 0.29) is 27.9 Å². The van der Waals surface area contributed by atoms with Crippen LogP contribution in [0, 0.1) is 0 Å². The first-order valence-electron chi connectivity index (χ1n) is 14.3. The number of rotatable bonds is 2. The Kier molecular flexibility index (Phi) is 7.01. The molecule has 0 saturated heterocycles. The van der Waals surface area contributed by atoms with E-state index in [1.54, 1.807) is 0 Å². The van der Waals surface area contributed by atoms with Crippen molar-refractivity contribution in [1.29, 1.82) is 0 Å². The summed E-state index contributed by atoms with van der Waals surface area (Å²) in [5.74, 6) is -2.05. The van der Waals surface area contributed by atoms with Gasteiger partial charge in [0.1, 0.15) is 22.6 Å². The van der Waals surface area contributed by atoms with Crippen LogP contribution < -0.4 is 10.2 Å². The molecule has 4 aromatic carbocycles. The third-order valence-electron chi connectivity index (χ3n) is 8.14. The van der Waals surface area contributed by atoms with Crippen LogP contribution in [0.3, 0.4) is 0 Å². The molecule has 8 bridgehead atoms. The van der Waals surface area contributed by atoms with Crippen molar-refractivity contribution in [2.45, 2.75) is 0 Å². The van der Waals surface area contributed by atoms with Gasteiger partial charge in [-0.3, -0.25) is 0 Å². The van der Waals surface area contributed by atoms with Crippen molar-refractivity contribution in [2.75, 3.05) is 0 Å². The van der Waals surface area contributed by atoms with Crippen LogP contribution in [0.25, 0.3) is 89.7 Å². The number of carbonyl (C=O) groups is 2. The number of aromatic amines is 2. The maximum atomic E-state index is 12.5. The monoisotopic (exact) mass is 738 g/mol. The molecule has 0 saturated carbocycles. The first-order valence-corrected chi connectivity index (χ1v) is 16.4. The van der Waals surface area contributed by atoms with Crippen LogP contribution in [0.2, 0.25) is 0 Å². The van der Waals surface area contributed by atoms with Crippen LogP contribution in [0.4, 0.5) is 0 Å². The SMILES string of the molecule is O=C([O-])c1ccc2c3nc4nc(nc5[nH]c(nc6nc(nc([nH]3)c2c1C(=O)[O-])-c1ccccc1-6)c1ccccc51)-c1ccccc1-4.[Cl][Rh+2]. The zero-order valence-corrected chi connectivity index (χ0v) is 26.5. The molecule has 0 unspecified atom stereocenters. The molecule has 0 atom stereocenters. The summed E-state index contributed by atoms with van der Waals surface area (Å²) in [6.07, 6.45) is 0. The standard InChI is InChI=1S/C34H18N8O4.ClH.Rh/c43-33(44)22-14-13-21-23(24(22)34(45)46)32-41-30-20-12-6-5-11-19(20)28(39-30)37-26-16-8-2-1-7-15(16)25(35-26)36-27-17-9-3-4-10-18(17)29(38-27)40-31(21)42-32;;/h1-14H,(H,43,44)(H,45,46)(H2,35,36,37,38,39,40,41,42);1H;/q;;+3/p-3. The second kappa shape index (κ2) is 11.4. The summed E-state index contributed by atoms with van der Waals surface area (Å²) in [6.45, 7) is 0. The van der Waals surface area contributed by atoms with Gasteiger partial charge in [-0.05, 0) is 6.07 Å². The van der Waals surface area contributed by atoms with Gasteiger partial charge in [0.15, 0.2) is 23.3 Å². The normalized spacial score (nSPS) is 11.5. The molecule has 0 fully saturated rings. The summed E-state index contributed by atoms with van der Waals surface area (Å²) < 4.78 is 0. The van der Waals surface area contributed by atoms with Crippen molar-refractivity contribution in [1.82, 2.24) is 39.9 Å². The molecule has 0 amide bonds. The number of H-pyrrole nitrogens is 2. The summed E-state index contributed by atoms with van der Waals surface area (Å²) in [5, 5.41) is 26.4. The molecule has 9 rings (SSSR count). The maximum absolute atomic E-state index is 12.5. The summed E-state index contributed by atoms with van der Waals surface area (Å²) in [6, 6.07) is 25.2. The van der Waals surface area contributed by atoms with Crippen LogP contribution in [0.1, 0.15) is 20.7 Å². The zero-order valence-electron chi connectivity index (χ0n) is 24.1. The molecule has 48 heavy (non-hydrogen) atoms. The van der Waals surface area contributed by atoms with Gasteiger partial charge in [0, 0.05) is 54.9 Å².